The topological polar surface area (TPSA) is 13.1 Å². The summed E-state index contributed by atoms with van der Waals surface area (Å²) in [6, 6.07) is 40.3. The van der Waals surface area contributed by atoms with Crippen LogP contribution in [0.3, 0.4) is 0 Å². The molecule has 0 N–H and O–H groups in total. The average molecular weight is 385 g/mol. The van der Waals surface area contributed by atoms with Crippen LogP contribution < -0.4 is 20.1 Å². The molecule has 1 aromatic heterocycles. The molecular weight excluding hydrogens is 365 g/mol. The first kappa shape index (κ1) is 17.1. The Bertz CT molecular complexity index is 1310. The highest BCUT2D eigenvalue weighted by atomic mass is 16.5. The number of hydrogen-bond acceptors (Lipinski definition) is 1. The fraction of sp³-hybridized carbons (Fsp3) is 0. The molecule has 0 amide bonds. The van der Waals surface area contributed by atoms with Gasteiger partial charge in [-0.05, 0) is 35.4 Å². The third-order valence-electron chi connectivity index (χ3n) is 6.22. The second-order valence-electron chi connectivity index (χ2n) is 7.84. The first-order valence-electron chi connectivity index (χ1n) is 10.4. The Morgan fingerprint density at radius 3 is 1.80 bits per heavy atom. The van der Waals surface area contributed by atoms with Gasteiger partial charge in [0.15, 0.2) is 0 Å². The lowest BCUT2D eigenvalue weighted by atomic mass is 9.41. The summed E-state index contributed by atoms with van der Waals surface area (Å²) in [4.78, 5) is 0. The first-order chi connectivity index (χ1) is 14.9. The smallest absolute Gasteiger partial charge is 0.513 e. The fourth-order valence-corrected chi connectivity index (χ4v) is 4.92. The molecule has 0 aliphatic carbocycles. The van der Waals surface area contributed by atoms with Gasteiger partial charge in [-0.2, -0.15) is 0 Å². The zero-order chi connectivity index (χ0) is 20.0. The third kappa shape index (κ3) is 2.36. The molecule has 0 atom stereocenters. The van der Waals surface area contributed by atoms with Crippen molar-refractivity contribution in [2.45, 2.75) is 0 Å². The van der Waals surface area contributed by atoms with Gasteiger partial charge in [-0.3, -0.25) is 0 Å². The molecule has 5 aromatic rings. The molecule has 6 rings (SSSR count). The number of pyridine rings is 1. The van der Waals surface area contributed by atoms with Gasteiger partial charge in [0.1, 0.15) is 11.9 Å². The maximum absolute atomic E-state index is 6.90. The van der Waals surface area contributed by atoms with Crippen molar-refractivity contribution >= 4 is 28.3 Å². The van der Waals surface area contributed by atoms with E-state index >= 15 is 0 Å². The summed E-state index contributed by atoms with van der Waals surface area (Å²) < 4.78 is 9.25. The van der Waals surface area contributed by atoms with E-state index < -0.39 is 6.48 Å². The summed E-state index contributed by atoms with van der Waals surface area (Å²) in [7, 11) is 0. The summed E-state index contributed by atoms with van der Waals surface area (Å²) >= 11 is 0. The summed E-state index contributed by atoms with van der Waals surface area (Å²) in [6.45, 7) is -1.62. The summed E-state index contributed by atoms with van der Waals surface area (Å²) in [5.74, 6) is 0.929. The van der Waals surface area contributed by atoms with Gasteiger partial charge in [0.2, 0.25) is 5.52 Å². The molecule has 0 bridgehead atoms. The van der Waals surface area contributed by atoms with Gasteiger partial charge in [-0.1, -0.05) is 102 Å². The van der Waals surface area contributed by atoms with Crippen LogP contribution in [0.15, 0.2) is 121 Å². The zero-order valence-electron chi connectivity index (χ0n) is 16.5. The fourth-order valence-electron chi connectivity index (χ4n) is 4.92. The van der Waals surface area contributed by atoms with E-state index in [2.05, 4.69) is 126 Å². The number of hydrogen-bond donors (Lipinski definition) is 0. The lowest BCUT2D eigenvalue weighted by molar-refractivity contribution is -0.515. The zero-order valence-corrected chi connectivity index (χ0v) is 16.5. The second-order valence-corrected chi connectivity index (χ2v) is 7.84. The molecule has 1 aliphatic rings. The van der Waals surface area contributed by atoms with Crippen molar-refractivity contribution in [1.29, 1.82) is 0 Å². The van der Waals surface area contributed by atoms with Crippen LogP contribution in [-0.2, 0) is 0 Å². The molecule has 0 radical (unpaired) electrons. The van der Waals surface area contributed by atoms with E-state index in [1.165, 1.54) is 27.4 Å². The van der Waals surface area contributed by atoms with E-state index in [1.54, 1.807) is 0 Å². The average Bonchev–Trinajstić information content (AvgIpc) is 3.18. The van der Waals surface area contributed by atoms with Crippen molar-refractivity contribution in [2.24, 2.45) is 0 Å². The van der Waals surface area contributed by atoms with Crippen LogP contribution in [-0.4, -0.2) is 6.48 Å². The van der Waals surface area contributed by atoms with Crippen LogP contribution in [0.25, 0.3) is 22.0 Å². The SMILES string of the molecule is c1ccc(-c2ccc3c4c2ccc[n+]4[B-](c2ccccc2)(c2ccccc2)O3)cc1. The van der Waals surface area contributed by atoms with Gasteiger partial charge in [0.05, 0.1) is 5.39 Å². The summed E-state index contributed by atoms with van der Waals surface area (Å²) in [5, 5.41) is 1.21. The van der Waals surface area contributed by atoms with Crippen LogP contribution in [0.4, 0.5) is 0 Å². The highest BCUT2D eigenvalue weighted by Crippen LogP contribution is 2.36. The largest absolute Gasteiger partial charge is 0.647 e. The molecule has 0 fully saturated rings. The molecule has 4 aromatic carbocycles. The molecule has 0 spiro atoms. The molecule has 0 saturated heterocycles. The molecule has 0 unspecified atom stereocenters. The Morgan fingerprint density at radius 1 is 0.567 bits per heavy atom. The van der Waals surface area contributed by atoms with Crippen molar-refractivity contribution in [3.05, 3.63) is 121 Å². The van der Waals surface area contributed by atoms with Crippen LogP contribution in [0, 0.1) is 0 Å². The molecule has 3 heteroatoms. The second kappa shape index (κ2) is 6.60. The van der Waals surface area contributed by atoms with E-state index in [9.17, 15) is 0 Å². The van der Waals surface area contributed by atoms with Gasteiger partial charge in [0.25, 0.3) is 0 Å². The van der Waals surface area contributed by atoms with Gasteiger partial charge < -0.3 is 9.13 Å². The van der Waals surface area contributed by atoms with Gasteiger partial charge in [-0.25, -0.2) is 0 Å². The number of nitrogens with zero attached hydrogens (tertiary/aromatic N) is 1. The summed E-state index contributed by atoms with van der Waals surface area (Å²) in [5.41, 5.74) is 5.91. The number of aromatic nitrogens is 1. The Kier molecular flexibility index (Phi) is 3.75. The summed E-state index contributed by atoms with van der Waals surface area (Å²) in [6.07, 6.45) is 2.16. The Morgan fingerprint density at radius 2 is 1.17 bits per heavy atom. The predicted molar refractivity (Wildman–Crippen MR) is 124 cm³/mol. The lowest BCUT2D eigenvalue weighted by Crippen LogP contribution is -2.80. The molecule has 2 nitrogen and oxygen atoms in total. The lowest BCUT2D eigenvalue weighted by Gasteiger charge is -2.31. The van der Waals surface area contributed by atoms with E-state index in [-0.39, 0.29) is 0 Å². The molecule has 30 heavy (non-hydrogen) atoms. The van der Waals surface area contributed by atoms with Crippen LogP contribution in [0.2, 0.25) is 0 Å². The Balaban J connectivity index is 1.69. The van der Waals surface area contributed by atoms with Gasteiger partial charge >= 0.3 is 6.48 Å². The van der Waals surface area contributed by atoms with Crippen molar-refractivity contribution in [1.82, 2.24) is 0 Å². The maximum Gasteiger partial charge on any atom is 0.513 e. The van der Waals surface area contributed by atoms with Crippen LogP contribution in [0.1, 0.15) is 0 Å². The molecule has 1 aliphatic heterocycles. The monoisotopic (exact) mass is 385 g/mol. The van der Waals surface area contributed by atoms with Crippen molar-refractivity contribution in [2.75, 3.05) is 0 Å². The quantitative estimate of drug-likeness (QED) is 0.423. The minimum Gasteiger partial charge on any atom is -0.647 e. The van der Waals surface area contributed by atoms with E-state index in [0.29, 0.717) is 0 Å². The minimum absolute atomic E-state index is 0.929. The molecule has 142 valence electrons. The minimum atomic E-state index is -1.62. The normalized spacial score (nSPS) is 13.9. The Hall–Kier alpha value is -3.85. The molecular formula is C27H20BNO. The van der Waals surface area contributed by atoms with Crippen molar-refractivity contribution in [3.63, 3.8) is 0 Å². The highest BCUT2D eigenvalue weighted by molar-refractivity contribution is 6.92. The van der Waals surface area contributed by atoms with Crippen LogP contribution >= 0.6 is 0 Å². The van der Waals surface area contributed by atoms with E-state index in [1.807, 2.05) is 0 Å². The predicted octanol–water partition coefficient (Wildman–Crippen LogP) is 4.29. The standard InChI is InChI=1S/C27H20BNO/c1-4-11-21(12-5-1)24-18-19-26-27-25(24)17-10-20-29(27)28(30-26,22-13-6-2-7-14-22)23-15-8-3-9-16-23/h1-20H. The van der Waals surface area contributed by atoms with Crippen LogP contribution in [0.5, 0.6) is 5.75 Å². The van der Waals surface area contributed by atoms with E-state index in [4.69, 9.17) is 4.65 Å². The molecule has 2 heterocycles. The maximum atomic E-state index is 6.90. The van der Waals surface area contributed by atoms with E-state index in [0.717, 1.165) is 11.3 Å². The molecule has 0 saturated carbocycles. The third-order valence-corrected chi connectivity index (χ3v) is 6.22. The van der Waals surface area contributed by atoms with Crippen molar-refractivity contribution < 1.29 is 9.13 Å². The number of benzene rings is 4. The Labute approximate surface area is 176 Å². The van der Waals surface area contributed by atoms with Gasteiger partial charge in [-0.15, -0.1) is 0 Å². The van der Waals surface area contributed by atoms with Crippen molar-refractivity contribution in [3.8, 4) is 16.9 Å². The number of rotatable bonds is 3. The first-order valence-corrected chi connectivity index (χ1v) is 10.4. The highest BCUT2D eigenvalue weighted by Gasteiger charge is 2.50. The van der Waals surface area contributed by atoms with Gasteiger partial charge in [0, 0.05) is 0 Å².